The zero-order chi connectivity index (χ0) is 13.9. The largest absolute Gasteiger partial charge is 1.00 e. The molecule has 0 aliphatic heterocycles. The van der Waals surface area contributed by atoms with Crippen LogP contribution in [0, 0.1) is 0 Å². The SMILES string of the molecule is CP(C)(=O)[N-]P(=O)(c1ccccc1)c1ccccc1.[K+]. The van der Waals surface area contributed by atoms with Crippen molar-refractivity contribution in [3.63, 3.8) is 0 Å². The quantitative estimate of drug-likeness (QED) is 0.615. The predicted molar refractivity (Wildman–Crippen MR) is 82.6 cm³/mol. The second kappa shape index (κ2) is 7.67. The number of hydrogen-bond donors (Lipinski definition) is 0. The van der Waals surface area contributed by atoms with Gasteiger partial charge in [-0.25, -0.2) is 0 Å². The Morgan fingerprint density at radius 3 is 1.40 bits per heavy atom. The van der Waals surface area contributed by atoms with Crippen LogP contribution in [-0.4, -0.2) is 13.3 Å². The average Bonchev–Trinajstić information content (AvgIpc) is 2.39. The van der Waals surface area contributed by atoms with E-state index in [1.807, 2.05) is 36.4 Å². The van der Waals surface area contributed by atoms with Gasteiger partial charge in [0.15, 0.2) is 0 Å². The van der Waals surface area contributed by atoms with Gasteiger partial charge in [-0.3, -0.25) is 0 Å². The van der Waals surface area contributed by atoms with Crippen LogP contribution in [0.1, 0.15) is 0 Å². The fraction of sp³-hybridized carbons (Fsp3) is 0.143. The molecule has 0 amide bonds. The van der Waals surface area contributed by atoms with Crippen LogP contribution in [0.15, 0.2) is 60.7 Å². The van der Waals surface area contributed by atoms with Gasteiger partial charge in [0, 0.05) is 0 Å². The zero-order valence-electron chi connectivity index (χ0n) is 11.9. The van der Waals surface area contributed by atoms with Gasteiger partial charge in [0.1, 0.15) is 0 Å². The van der Waals surface area contributed by atoms with Gasteiger partial charge in [0.25, 0.3) is 0 Å². The summed E-state index contributed by atoms with van der Waals surface area (Å²) in [5, 5.41) is 1.23. The first kappa shape index (κ1) is 18.5. The standard InChI is InChI=1S/C14H16NO2P2.K/c1-18(2,16)15-19(17,13-9-5-3-6-10-13)14-11-7-4-8-12-14;/h3-12H,1-2H3;/q-1;+1. The summed E-state index contributed by atoms with van der Waals surface area (Å²) in [7, 11) is -5.94. The van der Waals surface area contributed by atoms with Crippen molar-refractivity contribution in [3.05, 3.63) is 65.5 Å². The Labute approximate surface area is 162 Å². The van der Waals surface area contributed by atoms with E-state index in [9.17, 15) is 9.13 Å². The minimum absolute atomic E-state index is 0. The summed E-state index contributed by atoms with van der Waals surface area (Å²) in [6, 6.07) is 18.1. The van der Waals surface area contributed by atoms with Crippen molar-refractivity contribution in [2.45, 2.75) is 0 Å². The Kier molecular flexibility index (Phi) is 7.11. The number of rotatable bonds is 4. The second-order valence-electron chi connectivity index (χ2n) is 4.63. The van der Waals surface area contributed by atoms with Gasteiger partial charge in [-0.05, 0) is 31.2 Å². The Balaban J connectivity index is 0.00000200. The third-order valence-corrected chi connectivity index (χ3v) is 7.28. The van der Waals surface area contributed by atoms with Crippen molar-refractivity contribution in [1.82, 2.24) is 0 Å². The van der Waals surface area contributed by atoms with E-state index in [2.05, 4.69) is 4.86 Å². The van der Waals surface area contributed by atoms with Crippen LogP contribution in [0.5, 0.6) is 0 Å². The van der Waals surface area contributed by atoms with E-state index >= 15 is 0 Å². The van der Waals surface area contributed by atoms with E-state index in [1.165, 1.54) is 13.3 Å². The molecule has 2 aromatic carbocycles. The molecule has 2 rings (SSSR count). The maximum Gasteiger partial charge on any atom is 1.00 e. The van der Waals surface area contributed by atoms with Gasteiger partial charge >= 0.3 is 51.4 Å². The first-order valence-corrected chi connectivity index (χ1v) is 10.1. The van der Waals surface area contributed by atoms with Gasteiger partial charge < -0.3 is 14.0 Å². The summed E-state index contributed by atoms with van der Waals surface area (Å²) in [5.41, 5.74) is 0. The molecule has 0 aliphatic rings. The van der Waals surface area contributed by atoms with Crippen molar-refractivity contribution < 1.29 is 60.5 Å². The van der Waals surface area contributed by atoms with Crippen LogP contribution in [-0.2, 0) is 9.13 Å². The Bertz CT molecular complexity index is 597. The van der Waals surface area contributed by atoms with E-state index in [-0.39, 0.29) is 51.4 Å². The normalized spacial score (nSPS) is 11.7. The van der Waals surface area contributed by atoms with Crippen LogP contribution >= 0.6 is 14.6 Å². The van der Waals surface area contributed by atoms with Crippen LogP contribution in [0.4, 0.5) is 0 Å². The van der Waals surface area contributed by atoms with Gasteiger partial charge in [-0.2, -0.15) is 0 Å². The summed E-state index contributed by atoms with van der Waals surface area (Å²) in [6.07, 6.45) is 0. The monoisotopic (exact) mass is 331 g/mol. The maximum atomic E-state index is 13.3. The molecule has 20 heavy (non-hydrogen) atoms. The third kappa shape index (κ3) is 4.76. The van der Waals surface area contributed by atoms with Crippen LogP contribution < -0.4 is 62.0 Å². The van der Waals surface area contributed by atoms with E-state index in [1.54, 1.807) is 24.3 Å². The van der Waals surface area contributed by atoms with Crippen molar-refractivity contribution in [2.24, 2.45) is 0 Å². The third-order valence-electron chi connectivity index (χ3n) is 2.55. The molecule has 100 valence electrons. The molecule has 0 bridgehead atoms. The molecule has 0 N–H and O–H groups in total. The molecule has 0 aliphatic carbocycles. The average molecular weight is 331 g/mol. The molecule has 6 heteroatoms. The van der Waals surface area contributed by atoms with Gasteiger partial charge in [0.2, 0.25) is 0 Å². The molecule has 0 saturated heterocycles. The first-order chi connectivity index (χ1) is 8.92. The summed E-state index contributed by atoms with van der Waals surface area (Å²) in [6.45, 7) is 3.07. The molecule has 0 fully saturated rings. The smallest absolute Gasteiger partial charge is 0.537 e. The fourth-order valence-electron chi connectivity index (χ4n) is 1.82. The van der Waals surface area contributed by atoms with Crippen molar-refractivity contribution in [1.29, 1.82) is 0 Å². The number of hydrogen-bond acceptors (Lipinski definition) is 2. The topological polar surface area (TPSA) is 48.2 Å². The van der Waals surface area contributed by atoms with Gasteiger partial charge in [-0.1, -0.05) is 60.7 Å². The molecule has 0 unspecified atom stereocenters. The summed E-state index contributed by atoms with van der Waals surface area (Å²) in [4.78, 5) is 4.19. The fourth-order valence-corrected chi connectivity index (χ4v) is 6.52. The van der Waals surface area contributed by atoms with E-state index in [4.69, 9.17) is 0 Å². The summed E-state index contributed by atoms with van der Waals surface area (Å²) < 4.78 is 25.3. The molecule has 0 saturated carbocycles. The Morgan fingerprint density at radius 1 is 0.750 bits per heavy atom. The second-order valence-corrected chi connectivity index (χ2v) is 10.1. The van der Waals surface area contributed by atoms with E-state index in [0.717, 1.165) is 0 Å². The number of benzene rings is 2. The first-order valence-electron chi connectivity index (χ1n) is 5.93. The van der Waals surface area contributed by atoms with E-state index < -0.39 is 14.6 Å². The predicted octanol–water partition coefficient (Wildman–Crippen LogP) is 0.831. The maximum absolute atomic E-state index is 13.3. The van der Waals surface area contributed by atoms with Crippen molar-refractivity contribution >= 4 is 25.2 Å². The molecule has 0 radical (unpaired) electrons. The molecule has 3 nitrogen and oxygen atoms in total. The molecule has 0 spiro atoms. The van der Waals surface area contributed by atoms with Crippen LogP contribution in [0.2, 0.25) is 0 Å². The molecule has 0 aromatic heterocycles. The molecule has 2 aromatic rings. The Hall–Kier alpha value is 0.496. The molecular formula is C14H16KNO2P2. The van der Waals surface area contributed by atoms with Gasteiger partial charge in [-0.15, -0.1) is 0 Å². The minimum atomic E-state index is -3.18. The summed E-state index contributed by atoms with van der Waals surface area (Å²) in [5.74, 6) is 0. The van der Waals surface area contributed by atoms with Gasteiger partial charge in [0.05, 0.1) is 7.29 Å². The summed E-state index contributed by atoms with van der Waals surface area (Å²) >= 11 is 0. The molecular weight excluding hydrogens is 315 g/mol. The molecule has 0 heterocycles. The van der Waals surface area contributed by atoms with Crippen LogP contribution in [0.3, 0.4) is 0 Å². The van der Waals surface area contributed by atoms with Crippen molar-refractivity contribution in [2.75, 3.05) is 13.3 Å². The zero-order valence-corrected chi connectivity index (χ0v) is 16.8. The van der Waals surface area contributed by atoms with Crippen LogP contribution in [0.25, 0.3) is 4.86 Å². The van der Waals surface area contributed by atoms with E-state index in [0.29, 0.717) is 10.6 Å². The minimum Gasteiger partial charge on any atom is -0.537 e. The van der Waals surface area contributed by atoms with Crippen molar-refractivity contribution in [3.8, 4) is 0 Å². The Morgan fingerprint density at radius 2 is 1.10 bits per heavy atom. The molecule has 0 atom stereocenters. The number of nitrogens with zero attached hydrogens (tertiary/aromatic N) is 1.